The van der Waals surface area contributed by atoms with Gasteiger partial charge in [0, 0.05) is 19.7 Å². The number of carbonyl (C=O) groups excluding carboxylic acids is 1. The molecule has 0 aromatic carbocycles. The van der Waals surface area contributed by atoms with Gasteiger partial charge in [-0.25, -0.2) is 9.97 Å². The molecule has 1 amide bonds. The van der Waals surface area contributed by atoms with Gasteiger partial charge in [0.15, 0.2) is 0 Å². The third-order valence-corrected chi connectivity index (χ3v) is 3.35. The molecule has 1 aromatic rings. The molecule has 1 aliphatic heterocycles. The van der Waals surface area contributed by atoms with Crippen LogP contribution < -0.4 is 16.0 Å². The maximum Gasteiger partial charge on any atom is 0.451 e. The van der Waals surface area contributed by atoms with E-state index >= 15 is 0 Å². The van der Waals surface area contributed by atoms with Crippen molar-refractivity contribution in [2.24, 2.45) is 5.73 Å². The van der Waals surface area contributed by atoms with Crippen LogP contribution in [0.2, 0.25) is 0 Å². The molecule has 21 heavy (non-hydrogen) atoms. The Bertz CT molecular complexity index is 534. The monoisotopic (exact) mass is 303 g/mol. The average Bonchev–Trinajstić information content (AvgIpc) is 2.45. The maximum atomic E-state index is 12.8. The lowest BCUT2D eigenvalue weighted by Crippen LogP contribution is -2.48. The molecule has 0 radical (unpaired) electrons. The predicted molar refractivity (Wildman–Crippen MR) is 70.8 cm³/mol. The number of alkyl halides is 3. The number of carbonyl (C=O) groups is 1. The lowest BCUT2D eigenvalue weighted by atomic mass is 10.0. The molecule has 0 spiro atoms. The van der Waals surface area contributed by atoms with Crippen LogP contribution in [0.15, 0.2) is 6.07 Å². The van der Waals surface area contributed by atoms with Crippen LogP contribution >= 0.6 is 0 Å². The zero-order valence-electron chi connectivity index (χ0n) is 11.4. The number of hydrogen-bond donors (Lipinski definition) is 2. The summed E-state index contributed by atoms with van der Waals surface area (Å²) in [7, 11) is 1.47. The number of halogens is 3. The van der Waals surface area contributed by atoms with Crippen molar-refractivity contribution in [1.29, 1.82) is 0 Å². The Morgan fingerprint density at radius 2 is 2.14 bits per heavy atom. The van der Waals surface area contributed by atoms with Crippen LogP contribution in [0, 0.1) is 0 Å². The minimum absolute atomic E-state index is 0.0427. The molecule has 6 nitrogen and oxygen atoms in total. The summed E-state index contributed by atoms with van der Waals surface area (Å²) in [6.45, 7) is 0.436. The number of aromatic nitrogens is 2. The number of primary amides is 1. The van der Waals surface area contributed by atoms with E-state index in [-0.39, 0.29) is 11.6 Å². The van der Waals surface area contributed by atoms with Crippen molar-refractivity contribution in [3.63, 3.8) is 0 Å². The van der Waals surface area contributed by atoms with Crippen molar-refractivity contribution in [2.75, 3.05) is 23.8 Å². The summed E-state index contributed by atoms with van der Waals surface area (Å²) < 4.78 is 38.5. The average molecular weight is 303 g/mol. The molecule has 116 valence electrons. The van der Waals surface area contributed by atoms with Crippen LogP contribution in [-0.4, -0.2) is 35.5 Å². The summed E-state index contributed by atoms with van der Waals surface area (Å²) in [6, 6.07) is 0.746. The van der Waals surface area contributed by atoms with Crippen molar-refractivity contribution in [3.8, 4) is 0 Å². The highest BCUT2D eigenvalue weighted by Crippen LogP contribution is 2.31. The highest BCUT2D eigenvalue weighted by atomic mass is 19.4. The molecule has 2 heterocycles. The number of rotatable bonds is 3. The summed E-state index contributed by atoms with van der Waals surface area (Å²) >= 11 is 0. The van der Waals surface area contributed by atoms with Gasteiger partial charge < -0.3 is 16.0 Å². The molecule has 9 heteroatoms. The van der Waals surface area contributed by atoms with Crippen molar-refractivity contribution in [1.82, 2.24) is 9.97 Å². The zero-order valence-corrected chi connectivity index (χ0v) is 11.4. The van der Waals surface area contributed by atoms with E-state index in [0.29, 0.717) is 13.0 Å². The van der Waals surface area contributed by atoms with E-state index < -0.39 is 23.9 Å². The number of anilines is 2. The topological polar surface area (TPSA) is 84.1 Å². The molecular formula is C12H16F3N5O. The van der Waals surface area contributed by atoms with Gasteiger partial charge in [0.2, 0.25) is 11.7 Å². The SMILES string of the molecule is CNc1cc(N2CCCCC2C(N)=O)nc(C(F)(F)F)n1. The molecule has 1 saturated heterocycles. The quantitative estimate of drug-likeness (QED) is 0.881. The first-order valence-corrected chi connectivity index (χ1v) is 6.53. The number of nitrogens with zero attached hydrogens (tertiary/aromatic N) is 3. The fraction of sp³-hybridized carbons (Fsp3) is 0.583. The van der Waals surface area contributed by atoms with Gasteiger partial charge >= 0.3 is 6.18 Å². The number of piperidine rings is 1. The minimum Gasteiger partial charge on any atom is -0.373 e. The Balaban J connectivity index is 2.43. The molecule has 2 rings (SSSR count). The molecule has 0 saturated carbocycles. The van der Waals surface area contributed by atoms with Crippen molar-refractivity contribution >= 4 is 17.5 Å². The third kappa shape index (κ3) is 3.34. The summed E-state index contributed by atoms with van der Waals surface area (Å²) in [5.41, 5.74) is 5.33. The number of hydrogen-bond acceptors (Lipinski definition) is 5. The molecule has 1 fully saturated rings. The van der Waals surface area contributed by atoms with Gasteiger partial charge in [0.1, 0.15) is 17.7 Å². The Kier molecular flexibility index (Phi) is 4.19. The Morgan fingerprint density at radius 1 is 1.43 bits per heavy atom. The first-order chi connectivity index (χ1) is 9.82. The van der Waals surface area contributed by atoms with Crippen LogP contribution in [-0.2, 0) is 11.0 Å². The maximum absolute atomic E-state index is 12.8. The normalized spacial score (nSPS) is 19.4. The molecule has 1 aromatic heterocycles. The lowest BCUT2D eigenvalue weighted by molar-refractivity contribution is -0.144. The van der Waals surface area contributed by atoms with Gasteiger partial charge in [-0.2, -0.15) is 13.2 Å². The Hall–Kier alpha value is -2.06. The van der Waals surface area contributed by atoms with Crippen LogP contribution in [0.3, 0.4) is 0 Å². The summed E-state index contributed by atoms with van der Waals surface area (Å²) in [5.74, 6) is -1.70. The van der Waals surface area contributed by atoms with Gasteiger partial charge in [-0.3, -0.25) is 4.79 Å². The van der Waals surface area contributed by atoms with Gasteiger partial charge in [0.05, 0.1) is 0 Å². The van der Waals surface area contributed by atoms with E-state index in [1.807, 2.05) is 0 Å². The molecule has 1 atom stereocenters. The highest BCUT2D eigenvalue weighted by Gasteiger charge is 2.37. The van der Waals surface area contributed by atoms with Crippen LogP contribution in [0.1, 0.15) is 25.1 Å². The Morgan fingerprint density at radius 3 is 2.71 bits per heavy atom. The Labute approximate surface area is 119 Å². The number of nitrogens with two attached hydrogens (primary N) is 1. The molecule has 3 N–H and O–H groups in total. The first kappa shape index (κ1) is 15.3. The molecule has 1 aliphatic rings. The standard InChI is InChI=1S/C12H16F3N5O/c1-17-8-6-9(19-11(18-8)12(13,14)15)20-5-3-2-4-7(20)10(16)21/h6-7H,2-5H2,1H3,(H2,16,21)(H,17,18,19). The second-order valence-corrected chi connectivity index (χ2v) is 4.79. The van der Waals surface area contributed by atoms with Crippen molar-refractivity contribution < 1.29 is 18.0 Å². The van der Waals surface area contributed by atoms with Gasteiger partial charge in [-0.15, -0.1) is 0 Å². The summed E-state index contributed by atoms with van der Waals surface area (Å²) in [5, 5.41) is 2.57. The summed E-state index contributed by atoms with van der Waals surface area (Å²) in [6.07, 6.45) is -2.57. The van der Waals surface area contributed by atoms with E-state index in [1.54, 1.807) is 0 Å². The summed E-state index contributed by atoms with van der Waals surface area (Å²) in [4.78, 5) is 19.9. The molecule has 0 bridgehead atoms. The number of nitrogens with one attached hydrogen (secondary N) is 1. The smallest absolute Gasteiger partial charge is 0.373 e. The first-order valence-electron chi connectivity index (χ1n) is 6.53. The van der Waals surface area contributed by atoms with Crippen LogP contribution in [0.25, 0.3) is 0 Å². The van der Waals surface area contributed by atoms with Gasteiger partial charge in [-0.1, -0.05) is 0 Å². The van der Waals surface area contributed by atoms with E-state index in [2.05, 4.69) is 15.3 Å². The second kappa shape index (κ2) is 5.74. The van der Waals surface area contributed by atoms with E-state index in [9.17, 15) is 18.0 Å². The van der Waals surface area contributed by atoms with Crippen molar-refractivity contribution in [2.45, 2.75) is 31.5 Å². The largest absolute Gasteiger partial charge is 0.451 e. The predicted octanol–water partition coefficient (Wildman–Crippen LogP) is 1.38. The van der Waals surface area contributed by atoms with Crippen molar-refractivity contribution in [3.05, 3.63) is 11.9 Å². The van der Waals surface area contributed by atoms with Gasteiger partial charge in [0.25, 0.3) is 0 Å². The zero-order chi connectivity index (χ0) is 15.6. The number of amides is 1. The lowest BCUT2D eigenvalue weighted by Gasteiger charge is -2.34. The molecule has 0 aliphatic carbocycles. The van der Waals surface area contributed by atoms with Gasteiger partial charge in [-0.05, 0) is 19.3 Å². The van der Waals surface area contributed by atoms with E-state index in [4.69, 9.17) is 5.73 Å². The second-order valence-electron chi connectivity index (χ2n) is 4.79. The molecular weight excluding hydrogens is 287 g/mol. The fourth-order valence-electron chi connectivity index (χ4n) is 2.34. The van der Waals surface area contributed by atoms with E-state index in [1.165, 1.54) is 18.0 Å². The van der Waals surface area contributed by atoms with Crippen LogP contribution in [0.4, 0.5) is 24.8 Å². The van der Waals surface area contributed by atoms with Crippen LogP contribution in [0.5, 0.6) is 0 Å². The van der Waals surface area contributed by atoms with E-state index in [0.717, 1.165) is 12.8 Å². The minimum atomic E-state index is -4.65. The third-order valence-electron chi connectivity index (χ3n) is 3.35. The fourth-order valence-corrected chi connectivity index (χ4v) is 2.34. The molecule has 1 unspecified atom stereocenters. The highest BCUT2D eigenvalue weighted by molar-refractivity contribution is 5.83.